The molecule has 0 radical (unpaired) electrons. The number of aromatic nitrogens is 2. The van der Waals surface area contributed by atoms with Gasteiger partial charge in [-0.3, -0.25) is 15.1 Å². The van der Waals surface area contributed by atoms with Crippen LogP contribution >= 0.6 is 0 Å². The number of benzene rings is 2. The second-order valence-electron chi connectivity index (χ2n) is 5.29. The van der Waals surface area contributed by atoms with Crippen LogP contribution in [0, 0.1) is 17.0 Å². The number of rotatable bonds is 5. The summed E-state index contributed by atoms with van der Waals surface area (Å²) in [4.78, 5) is 17.5. The molecule has 1 aromatic heterocycles. The normalized spacial score (nSPS) is 10.7. The van der Waals surface area contributed by atoms with Crippen LogP contribution in [0.4, 0.5) is 17.2 Å². The summed E-state index contributed by atoms with van der Waals surface area (Å²) in [5.74, 6) is 0.263. The lowest BCUT2D eigenvalue weighted by atomic mass is 10.2. The highest BCUT2D eigenvalue weighted by atomic mass is 16.6. The SMILES string of the molecule is Cc1nn(-c2ccc([N+](=O)[O-])cc2)c(N=[N+]=[N-])c1C=Nc1ccccc1. The molecule has 0 fully saturated rings. The molecule has 0 aliphatic heterocycles. The number of aliphatic imine (C=N–C) groups is 1. The van der Waals surface area contributed by atoms with Crippen LogP contribution in [-0.4, -0.2) is 20.9 Å². The monoisotopic (exact) mass is 347 g/mol. The zero-order valence-electron chi connectivity index (χ0n) is 13.7. The highest BCUT2D eigenvalue weighted by Crippen LogP contribution is 2.27. The van der Waals surface area contributed by atoms with Gasteiger partial charge in [-0.2, -0.15) is 5.10 Å². The first-order chi connectivity index (χ1) is 12.6. The van der Waals surface area contributed by atoms with Gasteiger partial charge >= 0.3 is 0 Å². The number of non-ortho nitro benzene ring substituents is 1. The van der Waals surface area contributed by atoms with Gasteiger partial charge in [0.05, 0.1) is 22.0 Å². The fourth-order valence-corrected chi connectivity index (χ4v) is 2.37. The van der Waals surface area contributed by atoms with Gasteiger partial charge in [-0.25, -0.2) is 4.68 Å². The number of hydrogen-bond acceptors (Lipinski definition) is 5. The number of aryl methyl sites for hydroxylation is 1. The van der Waals surface area contributed by atoms with E-state index in [2.05, 4.69) is 20.1 Å². The van der Waals surface area contributed by atoms with Crippen molar-refractivity contribution in [2.45, 2.75) is 6.92 Å². The summed E-state index contributed by atoms with van der Waals surface area (Å²) < 4.78 is 1.44. The number of nitro benzene ring substituents is 1. The maximum Gasteiger partial charge on any atom is 0.269 e. The van der Waals surface area contributed by atoms with Crippen molar-refractivity contribution in [2.75, 3.05) is 0 Å². The Kier molecular flexibility index (Phi) is 4.73. The minimum Gasteiger partial charge on any atom is -0.258 e. The maximum absolute atomic E-state index is 10.8. The van der Waals surface area contributed by atoms with Gasteiger partial charge in [0.15, 0.2) is 0 Å². The van der Waals surface area contributed by atoms with Crippen LogP contribution in [0.5, 0.6) is 0 Å². The molecule has 0 saturated carbocycles. The predicted octanol–water partition coefficient (Wildman–Crippen LogP) is 4.78. The fraction of sp³-hybridized carbons (Fsp3) is 0.0588. The first kappa shape index (κ1) is 16.9. The van der Waals surface area contributed by atoms with Gasteiger partial charge in [-0.1, -0.05) is 18.2 Å². The Morgan fingerprint density at radius 3 is 2.50 bits per heavy atom. The molecule has 0 bridgehead atoms. The Balaban J connectivity index is 2.06. The van der Waals surface area contributed by atoms with E-state index in [4.69, 9.17) is 5.53 Å². The van der Waals surface area contributed by atoms with Crippen molar-refractivity contribution >= 4 is 23.4 Å². The molecular formula is C17H13N7O2. The van der Waals surface area contributed by atoms with Crippen LogP contribution in [-0.2, 0) is 0 Å². The van der Waals surface area contributed by atoms with Gasteiger partial charge in [-0.05, 0) is 41.8 Å². The number of nitro groups is 1. The van der Waals surface area contributed by atoms with E-state index in [9.17, 15) is 10.1 Å². The zero-order chi connectivity index (χ0) is 18.5. The van der Waals surface area contributed by atoms with E-state index in [-0.39, 0.29) is 11.5 Å². The summed E-state index contributed by atoms with van der Waals surface area (Å²) in [6.45, 7) is 1.77. The molecule has 0 aliphatic rings. The van der Waals surface area contributed by atoms with Gasteiger partial charge in [0.1, 0.15) is 5.82 Å². The minimum atomic E-state index is -0.482. The smallest absolute Gasteiger partial charge is 0.258 e. The average molecular weight is 347 g/mol. The van der Waals surface area contributed by atoms with E-state index in [1.807, 2.05) is 30.3 Å². The minimum absolute atomic E-state index is 0.0335. The lowest BCUT2D eigenvalue weighted by molar-refractivity contribution is -0.384. The van der Waals surface area contributed by atoms with E-state index >= 15 is 0 Å². The van der Waals surface area contributed by atoms with Gasteiger partial charge in [0, 0.05) is 28.8 Å². The molecule has 0 N–H and O–H groups in total. The van der Waals surface area contributed by atoms with Crippen molar-refractivity contribution in [3.63, 3.8) is 0 Å². The third kappa shape index (κ3) is 3.42. The van der Waals surface area contributed by atoms with E-state index < -0.39 is 4.92 Å². The average Bonchev–Trinajstić information content (AvgIpc) is 2.97. The predicted molar refractivity (Wildman–Crippen MR) is 97.5 cm³/mol. The van der Waals surface area contributed by atoms with Crippen molar-refractivity contribution in [1.82, 2.24) is 9.78 Å². The second kappa shape index (κ2) is 7.29. The Labute approximate surface area is 148 Å². The first-order valence-electron chi connectivity index (χ1n) is 7.59. The van der Waals surface area contributed by atoms with Crippen LogP contribution in [0.1, 0.15) is 11.3 Å². The summed E-state index contributed by atoms with van der Waals surface area (Å²) >= 11 is 0. The Morgan fingerprint density at radius 2 is 1.88 bits per heavy atom. The standard InChI is InChI=1S/C17H13N7O2/c1-12-16(11-19-13-5-3-2-4-6-13)17(20-22-18)23(21-12)14-7-9-15(10-8-14)24(25)26/h2-11H,1H3. The first-order valence-corrected chi connectivity index (χ1v) is 7.59. The molecule has 9 heteroatoms. The Bertz CT molecular complexity index is 1020. The van der Waals surface area contributed by atoms with Gasteiger partial charge in [0.25, 0.3) is 5.69 Å². The molecule has 0 aliphatic carbocycles. The maximum atomic E-state index is 10.8. The summed E-state index contributed by atoms with van der Waals surface area (Å²) in [7, 11) is 0. The van der Waals surface area contributed by atoms with Gasteiger partial charge < -0.3 is 0 Å². The van der Waals surface area contributed by atoms with E-state index in [1.54, 1.807) is 25.3 Å². The molecule has 128 valence electrons. The third-order valence-corrected chi connectivity index (χ3v) is 3.62. The number of azide groups is 1. The van der Waals surface area contributed by atoms with E-state index in [0.29, 0.717) is 16.9 Å². The second-order valence-corrected chi connectivity index (χ2v) is 5.29. The lowest BCUT2D eigenvalue weighted by Gasteiger charge is -2.03. The van der Waals surface area contributed by atoms with Crippen LogP contribution < -0.4 is 0 Å². The molecule has 0 unspecified atom stereocenters. The van der Waals surface area contributed by atoms with Crippen molar-refractivity contribution in [3.05, 3.63) is 86.4 Å². The molecule has 3 rings (SSSR count). The molecule has 0 spiro atoms. The molecule has 26 heavy (non-hydrogen) atoms. The van der Waals surface area contributed by atoms with Crippen molar-refractivity contribution < 1.29 is 4.92 Å². The molecule has 0 amide bonds. The quantitative estimate of drug-likeness (QED) is 0.165. The van der Waals surface area contributed by atoms with E-state index in [1.165, 1.54) is 16.8 Å². The zero-order valence-corrected chi connectivity index (χ0v) is 13.7. The van der Waals surface area contributed by atoms with Crippen LogP contribution in [0.25, 0.3) is 16.1 Å². The number of para-hydroxylation sites is 1. The van der Waals surface area contributed by atoms with Crippen LogP contribution in [0.3, 0.4) is 0 Å². The molecule has 3 aromatic rings. The lowest BCUT2D eigenvalue weighted by Crippen LogP contribution is -1.97. The van der Waals surface area contributed by atoms with E-state index in [0.717, 1.165) is 5.69 Å². The van der Waals surface area contributed by atoms with Crippen LogP contribution in [0.15, 0.2) is 64.7 Å². The Morgan fingerprint density at radius 1 is 1.19 bits per heavy atom. The van der Waals surface area contributed by atoms with Crippen molar-refractivity contribution in [3.8, 4) is 5.69 Å². The molecule has 0 saturated heterocycles. The molecular weight excluding hydrogens is 334 g/mol. The largest absolute Gasteiger partial charge is 0.269 e. The molecule has 2 aromatic carbocycles. The summed E-state index contributed by atoms with van der Waals surface area (Å²) in [5, 5.41) is 18.9. The number of hydrogen-bond donors (Lipinski definition) is 0. The van der Waals surface area contributed by atoms with Crippen molar-refractivity contribution in [2.24, 2.45) is 10.1 Å². The van der Waals surface area contributed by atoms with Gasteiger partial charge in [0.2, 0.25) is 0 Å². The fourth-order valence-electron chi connectivity index (χ4n) is 2.37. The third-order valence-electron chi connectivity index (χ3n) is 3.62. The summed E-state index contributed by atoms with van der Waals surface area (Å²) in [6, 6.07) is 15.1. The molecule has 0 atom stereocenters. The summed E-state index contributed by atoms with van der Waals surface area (Å²) in [6.07, 6.45) is 1.59. The Hall–Kier alpha value is -3.97. The molecule has 1 heterocycles. The summed E-state index contributed by atoms with van der Waals surface area (Å²) in [5.41, 5.74) is 11.4. The van der Waals surface area contributed by atoms with Crippen LogP contribution in [0.2, 0.25) is 0 Å². The highest BCUT2D eigenvalue weighted by molar-refractivity contribution is 5.89. The topological polar surface area (TPSA) is 122 Å². The highest BCUT2D eigenvalue weighted by Gasteiger charge is 2.15. The van der Waals surface area contributed by atoms with Gasteiger partial charge in [-0.15, -0.1) is 0 Å². The van der Waals surface area contributed by atoms with Crippen molar-refractivity contribution in [1.29, 1.82) is 0 Å². The number of nitrogens with zero attached hydrogens (tertiary/aromatic N) is 7. The molecule has 9 nitrogen and oxygen atoms in total.